The molecule has 3 atom stereocenters. The van der Waals surface area contributed by atoms with Crippen LogP contribution in [0.25, 0.3) is 0 Å². The predicted molar refractivity (Wildman–Crippen MR) is 104 cm³/mol. The van der Waals surface area contributed by atoms with E-state index in [0.29, 0.717) is 18.4 Å². The second kappa shape index (κ2) is 14.4. The number of hydrogen-bond donors (Lipinski definition) is 1. The lowest BCUT2D eigenvalue weighted by atomic mass is 9.98. The summed E-state index contributed by atoms with van der Waals surface area (Å²) in [5, 5.41) is 8.71. The maximum absolute atomic E-state index is 12.2. The highest BCUT2D eigenvalue weighted by molar-refractivity contribution is 7.87. The van der Waals surface area contributed by atoms with Crippen LogP contribution >= 0.6 is 0 Å². The number of aliphatic hydroxyl groups excluding tert-OH is 1. The van der Waals surface area contributed by atoms with Gasteiger partial charge in [0.1, 0.15) is 12.0 Å². The van der Waals surface area contributed by atoms with E-state index < -0.39 is 21.7 Å². The van der Waals surface area contributed by atoms with E-state index in [1.807, 2.05) is 13.8 Å². The minimum atomic E-state index is -5.60. The van der Waals surface area contributed by atoms with Gasteiger partial charge in [-0.3, -0.25) is 0 Å². The minimum Gasteiger partial charge on any atom is -0.393 e. The van der Waals surface area contributed by atoms with Gasteiger partial charge in [0.05, 0.1) is 18.3 Å². The van der Waals surface area contributed by atoms with Crippen LogP contribution in [0.2, 0.25) is 0 Å². The van der Waals surface area contributed by atoms with Gasteiger partial charge in [-0.25, -0.2) is 0 Å². The average Bonchev–Trinajstić information content (AvgIpc) is 2.54. The number of rotatable bonds is 4. The third-order valence-corrected chi connectivity index (χ3v) is 4.62. The van der Waals surface area contributed by atoms with Crippen LogP contribution in [-0.2, 0) is 23.8 Å². The molecule has 0 aromatic carbocycles. The van der Waals surface area contributed by atoms with Crippen molar-refractivity contribution in [3.63, 3.8) is 0 Å². The zero-order valence-electron chi connectivity index (χ0n) is 17.7. The topological polar surface area (TPSA) is 89.9 Å². The molecule has 6 nitrogen and oxygen atoms in total. The molecular formula is C19H31F3O6S. The lowest BCUT2D eigenvalue weighted by Crippen LogP contribution is -2.29. The highest BCUT2D eigenvalue weighted by Crippen LogP contribution is 2.31. The molecule has 1 heterocycles. The first-order valence-corrected chi connectivity index (χ1v) is 10.5. The van der Waals surface area contributed by atoms with Crippen LogP contribution in [0.15, 0.2) is 11.3 Å². The highest BCUT2D eigenvalue weighted by Gasteiger charge is 2.48. The van der Waals surface area contributed by atoms with Crippen LogP contribution in [0.5, 0.6) is 0 Å². The smallest absolute Gasteiger partial charge is 0.393 e. The van der Waals surface area contributed by atoms with Crippen molar-refractivity contribution in [1.82, 2.24) is 0 Å². The standard InChI is InChI=1S/C10H15F3O4S.C7H12O.C2H4O/c1-6-4-5-9(7(2)16-6)8(3)17-18(14,15)10(11,12)13;1-3-4-5-6-7(2)8;1-2-3/h6-7H,4-5H2,1-3H3;7-8H,5-6H2,1-2H3;2H,1H3/b9-8+;;/t6-,7+;;/m1../s1. The quantitative estimate of drug-likeness (QED) is 0.231. The average molecular weight is 445 g/mol. The summed E-state index contributed by atoms with van der Waals surface area (Å²) in [7, 11) is -5.60. The van der Waals surface area contributed by atoms with E-state index >= 15 is 0 Å². The number of alkyl halides is 3. The van der Waals surface area contributed by atoms with Gasteiger partial charge in [-0.1, -0.05) is 0 Å². The maximum Gasteiger partial charge on any atom is 0.534 e. The van der Waals surface area contributed by atoms with Gasteiger partial charge in [-0.2, -0.15) is 21.6 Å². The molecule has 1 aliphatic rings. The number of aliphatic hydroxyl groups is 1. The number of allylic oxidation sites excluding steroid dienone is 1. The Kier molecular flexibility index (Phi) is 14.7. The van der Waals surface area contributed by atoms with E-state index in [0.717, 1.165) is 19.1 Å². The third-order valence-electron chi connectivity index (χ3n) is 3.58. The molecule has 29 heavy (non-hydrogen) atoms. The third kappa shape index (κ3) is 13.3. The summed E-state index contributed by atoms with van der Waals surface area (Å²) in [4.78, 5) is 8.81. The molecule has 0 bridgehead atoms. The van der Waals surface area contributed by atoms with Crippen LogP contribution < -0.4 is 0 Å². The van der Waals surface area contributed by atoms with Crippen molar-refractivity contribution >= 4 is 16.4 Å². The number of aldehydes is 1. The van der Waals surface area contributed by atoms with Crippen molar-refractivity contribution < 1.29 is 40.4 Å². The van der Waals surface area contributed by atoms with Gasteiger partial charge in [0.15, 0.2) is 0 Å². The summed E-state index contributed by atoms with van der Waals surface area (Å²) >= 11 is 0. The summed E-state index contributed by atoms with van der Waals surface area (Å²) in [5.41, 5.74) is -4.97. The Morgan fingerprint density at radius 1 is 1.41 bits per heavy atom. The molecule has 0 aromatic rings. The number of carbonyl (C=O) groups excluding carboxylic acids is 1. The molecule has 10 heteroatoms. The summed E-state index contributed by atoms with van der Waals surface area (Å²) in [6.07, 6.45) is 2.78. The van der Waals surface area contributed by atoms with Crippen molar-refractivity contribution in [2.75, 3.05) is 0 Å². The van der Waals surface area contributed by atoms with Crippen molar-refractivity contribution in [3.05, 3.63) is 11.3 Å². The van der Waals surface area contributed by atoms with Gasteiger partial charge in [0, 0.05) is 6.42 Å². The Morgan fingerprint density at radius 2 is 1.93 bits per heavy atom. The molecule has 1 unspecified atom stereocenters. The van der Waals surface area contributed by atoms with Crippen LogP contribution in [0.3, 0.4) is 0 Å². The molecule has 170 valence electrons. The fourth-order valence-corrected chi connectivity index (χ4v) is 2.72. The Bertz CT molecular complexity index is 672. The molecule has 0 aromatic heterocycles. The summed E-state index contributed by atoms with van der Waals surface area (Å²) in [5.74, 6) is 5.37. The van der Waals surface area contributed by atoms with E-state index in [-0.39, 0.29) is 18.0 Å². The lowest BCUT2D eigenvalue weighted by molar-refractivity contribution is -0.106. The van der Waals surface area contributed by atoms with E-state index in [9.17, 15) is 21.6 Å². The molecule has 0 spiro atoms. The van der Waals surface area contributed by atoms with E-state index in [2.05, 4.69) is 16.0 Å². The summed E-state index contributed by atoms with van der Waals surface area (Å²) in [6, 6.07) is 0. The first kappa shape index (κ1) is 29.6. The van der Waals surface area contributed by atoms with Gasteiger partial charge in [-0.15, -0.1) is 11.8 Å². The molecule has 1 saturated heterocycles. The second-order valence-electron chi connectivity index (χ2n) is 6.24. The van der Waals surface area contributed by atoms with Crippen molar-refractivity contribution in [2.45, 2.75) is 91.0 Å². The monoisotopic (exact) mass is 444 g/mol. The van der Waals surface area contributed by atoms with Crippen LogP contribution in [0.4, 0.5) is 13.2 Å². The number of hydrogen-bond acceptors (Lipinski definition) is 6. The van der Waals surface area contributed by atoms with Crippen LogP contribution in [0.1, 0.15) is 67.2 Å². The van der Waals surface area contributed by atoms with Crippen molar-refractivity contribution in [2.24, 2.45) is 0 Å². The molecule has 1 rings (SSSR count). The fourth-order valence-electron chi connectivity index (χ4n) is 2.19. The molecule has 0 aliphatic carbocycles. The fraction of sp³-hybridized carbons (Fsp3) is 0.737. The van der Waals surface area contributed by atoms with Gasteiger partial charge in [0.25, 0.3) is 0 Å². The SMILES string of the molecule is C/C(OS(=O)(=O)C(F)(F)F)=C1/CC[C@@H](C)O[C@H]1C.CC#CCCC(C)O.CC=O. The van der Waals surface area contributed by atoms with Crippen molar-refractivity contribution in [3.8, 4) is 11.8 Å². The zero-order chi connectivity index (χ0) is 23.3. The molecule has 0 radical (unpaired) electrons. The Hall–Kier alpha value is -1.57. The first-order chi connectivity index (χ1) is 13.2. The lowest BCUT2D eigenvalue weighted by Gasteiger charge is -2.29. The highest BCUT2D eigenvalue weighted by atomic mass is 32.2. The van der Waals surface area contributed by atoms with Gasteiger partial charge in [-0.05, 0) is 66.4 Å². The Morgan fingerprint density at radius 3 is 2.31 bits per heavy atom. The minimum absolute atomic E-state index is 0.00391. The van der Waals surface area contributed by atoms with E-state index in [1.165, 1.54) is 13.8 Å². The van der Waals surface area contributed by atoms with Crippen LogP contribution in [0, 0.1) is 11.8 Å². The molecule has 0 amide bonds. The maximum atomic E-state index is 12.2. The number of halogens is 3. The first-order valence-electron chi connectivity index (χ1n) is 9.06. The molecule has 1 N–H and O–H groups in total. The number of carbonyl (C=O) groups is 1. The summed E-state index contributed by atoms with van der Waals surface area (Å²) < 4.78 is 67.7. The van der Waals surface area contributed by atoms with Gasteiger partial charge >= 0.3 is 15.6 Å². The van der Waals surface area contributed by atoms with Gasteiger partial charge in [0.2, 0.25) is 0 Å². The molecular weight excluding hydrogens is 413 g/mol. The largest absolute Gasteiger partial charge is 0.534 e. The molecule has 1 fully saturated rings. The second-order valence-corrected chi connectivity index (χ2v) is 7.78. The normalized spacial score (nSPS) is 21.7. The Labute approximate surface area is 171 Å². The molecule has 1 aliphatic heterocycles. The molecule has 0 saturated carbocycles. The number of ether oxygens (including phenoxy) is 1. The Balaban J connectivity index is 0. The zero-order valence-corrected chi connectivity index (χ0v) is 18.5. The van der Waals surface area contributed by atoms with Gasteiger partial charge < -0.3 is 18.8 Å². The van der Waals surface area contributed by atoms with E-state index in [4.69, 9.17) is 14.6 Å². The van der Waals surface area contributed by atoms with Crippen molar-refractivity contribution in [1.29, 1.82) is 0 Å². The van der Waals surface area contributed by atoms with Crippen LogP contribution in [-0.4, -0.2) is 43.6 Å². The predicted octanol–water partition coefficient (Wildman–Crippen LogP) is 4.09. The van der Waals surface area contributed by atoms with E-state index in [1.54, 1.807) is 13.8 Å². The summed E-state index contributed by atoms with van der Waals surface area (Å²) in [6.45, 7) is 9.72.